The first kappa shape index (κ1) is 37.8. The number of hydrogen-bond donors (Lipinski definition) is 8. The summed E-state index contributed by atoms with van der Waals surface area (Å²) in [5.41, 5.74) is 7.43. The van der Waals surface area contributed by atoms with E-state index in [-0.39, 0.29) is 23.0 Å². The number of aromatic hydroxyl groups is 4. The number of aromatic nitrogens is 4. The van der Waals surface area contributed by atoms with E-state index in [1.807, 2.05) is 48.5 Å². The SMILES string of the molecule is C=C.CC1(c2cccc(O)c2)c2ccc([nH]2)C(C)(c2cccc(O)c2)c2ccc([nH]2)C(C)(c2cccc(O)c2)c2ccc([nH]2)C(C)(c2cccc(O)c2)c2ccc1[nH]2. The zero-order valence-electron chi connectivity index (χ0n) is 33.1. The molecule has 4 aromatic carbocycles. The van der Waals surface area contributed by atoms with E-state index >= 15 is 0 Å². The molecule has 4 aromatic heterocycles. The standard InChI is InChI=1S/C48H44N4O4.C2H4/c1-45(29-9-5-13-33(53)25-29)37-17-19-39(49-37)46(2,30-10-6-14-34(54)26-30)41-21-23-43(51-41)48(4,32-12-8-16-36(56)28-32)44-24-22-42(52-44)47(3,40-20-18-38(45)50-40)31-11-7-15-35(55)27-31;1-2/h5-28,49-56H,1-4H3;1-2H2. The number of H-pyrrole nitrogens is 4. The van der Waals surface area contributed by atoms with Crippen molar-refractivity contribution in [2.45, 2.75) is 49.4 Å². The van der Waals surface area contributed by atoms with Crippen molar-refractivity contribution in [1.29, 1.82) is 0 Å². The lowest BCUT2D eigenvalue weighted by Gasteiger charge is -2.34. The molecule has 58 heavy (non-hydrogen) atoms. The van der Waals surface area contributed by atoms with E-state index in [9.17, 15) is 20.4 Å². The second kappa shape index (κ2) is 13.8. The zero-order valence-corrected chi connectivity index (χ0v) is 33.1. The molecule has 0 spiro atoms. The average molecular weight is 769 g/mol. The third kappa shape index (κ3) is 5.66. The van der Waals surface area contributed by atoms with E-state index < -0.39 is 21.7 Å². The molecule has 0 amide bonds. The highest BCUT2D eigenvalue weighted by Crippen LogP contribution is 2.48. The van der Waals surface area contributed by atoms with Crippen molar-refractivity contribution in [2.24, 2.45) is 0 Å². The number of phenolic OH excluding ortho intramolecular Hbond substituents is 4. The Morgan fingerprint density at radius 2 is 0.483 bits per heavy atom. The molecule has 8 heteroatoms. The van der Waals surface area contributed by atoms with Crippen molar-refractivity contribution in [2.75, 3.05) is 0 Å². The molecule has 0 radical (unpaired) electrons. The van der Waals surface area contributed by atoms with Crippen molar-refractivity contribution < 1.29 is 20.4 Å². The number of fused-ring (bicyclic) bond motifs is 8. The molecule has 0 fully saturated rings. The molecule has 8 nitrogen and oxygen atoms in total. The summed E-state index contributed by atoms with van der Waals surface area (Å²) in [4.78, 5) is 15.4. The number of benzene rings is 4. The quantitative estimate of drug-likeness (QED) is 0.0843. The molecule has 8 bridgehead atoms. The fourth-order valence-electron chi connectivity index (χ4n) is 9.01. The van der Waals surface area contributed by atoms with Gasteiger partial charge in [-0.15, -0.1) is 13.2 Å². The lowest BCUT2D eigenvalue weighted by molar-refractivity contribution is 0.472. The first-order chi connectivity index (χ1) is 27.8. The molecule has 0 unspecified atom stereocenters. The normalized spacial score (nSPS) is 22.5. The summed E-state index contributed by atoms with van der Waals surface area (Å²) in [6.07, 6.45) is 0. The summed E-state index contributed by atoms with van der Waals surface area (Å²) in [7, 11) is 0. The van der Waals surface area contributed by atoms with Crippen molar-refractivity contribution in [3.8, 4) is 23.0 Å². The van der Waals surface area contributed by atoms with Crippen LogP contribution in [0.25, 0.3) is 0 Å². The van der Waals surface area contributed by atoms with Crippen LogP contribution in [-0.2, 0) is 21.7 Å². The molecular formula is C50H48N4O4. The molecule has 0 atom stereocenters. The minimum Gasteiger partial charge on any atom is -0.508 e. The summed E-state index contributed by atoms with van der Waals surface area (Å²) in [5, 5.41) is 43.3. The highest BCUT2D eigenvalue weighted by atomic mass is 16.3. The number of aromatic amines is 4. The highest BCUT2D eigenvalue weighted by Gasteiger charge is 2.44. The van der Waals surface area contributed by atoms with Crippen molar-refractivity contribution in [3.05, 3.63) is 227 Å². The Labute approximate surface area is 338 Å². The smallest absolute Gasteiger partial charge is 0.115 e. The molecule has 9 rings (SSSR count). The fourth-order valence-corrected chi connectivity index (χ4v) is 9.01. The van der Waals surface area contributed by atoms with Gasteiger partial charge in [-0.1, -0.05) is 48.5 Å². The maximum absolute atomic E-state index is 10.8. The van der Waals surface area contributed by atoms with Crippen LogP contribution in [0.1, 0.15) is 95.5 Å². The Morgan fingerprint density at radius 3 is 0.638 bits per heavy atom. The molecule has 1 aliphatic heterocycles. The predicted molar refractivity (Wildman–Crippen MR) is 229 cm³/mol. The second-order valence-corrected chi connectivity index (χ2v) is 15.8. The van der Waals surface area contributed by atoms with E-state index in [1.54, 1.807) is 48.5 Å². The van der Waals surface area contributed by atoms with Gasteiger partial charge < -0.3 is 40.4 Å². The monoisotopic (exact) mass is 768 g/mol. The van der Waals surface area contributed by atoms with Gasteiger partial charge in [0.2, 0.25) is 0 Å². The molecule has 292 valence electrons. The van der Waals surface area contributed by atoms with Crippen LogP contribution in [0.3, 0.4) is 0 Å². The van der Waals surface area contributed by atoms with Crippen LogP contribution in [0.15, 0.2) is 159 Å². The number of nitrogens with one attached hydrogen (secondary N) is 4. The van der Waals surface area contributed by atoms with Crippen LogP contribution in [0.2, 0.25) is 0 Å². The van der Waals surface area contributed by atoms with Crippen molar-refractivity contribution in [1.82, 2.24) is 19.9 Å². The van der Waals surface area contributed by atoms with Gasteiger partial charge in [0.1, 0.15) is 23.0 Å². The van der Waals surface area contributed by atoms with Crippen LogP contribution >= 0.6 is 0 Å². The summed E-state index contributed by atoms with van der Waals surface area (Å²) in [6.45, 7) is 14.6. The van der Waals surface area contributed by atoms with Crippen LogP contribution < -0.4 is 0 Å². The van der Waals surface area contributed by atoms with Gasteiger partial charge in [0, 0.05) is 45.6 Å². The Hall–Kier alpha value is -7.06. The molecule has 0 saturated heterocycles. The van der Waals surface area contributed by atoms with E-state index in [0.717, 1.165) is 67.8 Å². The van der Waals surface area contributed by atoms with Gasteiger partial charge in [0.25, 0.3) is 0 Å². The molecule has 5 heterocycles. The minimum atomic E-state index is -0.804. The summed E-state index contributed by atoms with van der Waals surface area (Å²) in [6, 6.07) is 46.3. The summed E-state index contributed by atoms with van der Waals surface area (Å²) >= 11 is 0. The van der Waals surface area contributed by atoms with Gasteiger partial charge in [-0.25, -0.2) is 0 Å². The maximum Gasteiger partial charge on any atom is 0.115 e. The van der Waals surface area contributed by atoms with Gasteiger partial charge in [0.05, 0.1) is 21.7 Å². The minimum absolute atomic E-state index is 0.163. The Morgan fingerprint density at radius 1 is 0.310 bits per heavy atom. The van der Waals surface area contributed by atoms with Gasteiger partial charge in [-0.2, -0.15) is 0 Å². The Balaban J connectivity index is 0.00000231. The van der Waals surface area contributed by atoms with Crippen LogP contribution in [0.5, 0.6) is 23.0 Å². The van der Waals surface area contributed by atoms with Crippen LogP contribution in [0.4, 0.5) is 0 Å². The number of phenols is 4. The fraction of sp³-hybridized carbons (Fsp3) is 0.160. The average Bonchev–Trinajstić information content (AvgIpc) is 4.08. The second-order valence-electron chi connectivity index (χ2n) is 15.8. The largest absolute Gasteiger partial charge is 0.508 e. The first-order valence-corrected chi connectivity index (χ1v) is 19.3. The first-order valence-electron chi connectivity index (χ1n) is 19.3. The predicted octanol–water partition coefficient (Wildman–Crippen LogP) is 10.4. The third-order valence-corrected chi connectivity index (χ3v) is 12.7. The molecular weight excluding hydrogens is 721 g/mol. The van der Waals surface area contributed by atoms with Crippen LogP contribution in [0, 0.1) is 0 Å². The van der Waals surface area contributed by atoms with E-state index in [4.69, 9.17) is 0 Å². The van der Waals surface area contributed by atoms with E-state index in [1.165, 1.54) is 0 Å². The zero-order chi connectivity index (χ0) is 41.0. The maximum atomic E-state index is 10.8. The number of rotatable bonds is 4. The lowest BCUT2D eigenvalue weighted by Crippen LogP contribution is -2.32. The molecule has 0 saturated carbocycles. The van der Waals surface area contributed by atoms with Crippen molar-refractivity contribution >= 4 is 0 Å². The topological polar surface area (TPSA) is 144 Å². The van der Waals surface area contributed by atoms with Gasteiger partial charge >= 0.3 is 0 Å². The van der Waals surface area contributed by atoms with Crippen LogP contribution in [-0.4, -0.2) is 40.4 Å². The van der Waals surface area contributed by atoms with Gasteiger partial charge in [-0.3, -0.25) is 0 Å². The number of hydrogen-bond acceptors (Lipinski definition) is 4. The Kier molecular flexibility index (Phi) is 9.04. The Bertz CT molecular complexity index is 2310. The van der Waals surface area contributed by atoms with E-state index in [0.29, 0.717) is 0 Å². The highest BCUT2D eigenvalue weighted by molar-refractivity contribution is 5.57. The molecule has 8 N–H and O–H groups in total. The van der Waals surface area contributed by atoms with Gasteiger partial charge in [0.15, 0.2) is 0 Å². The lowest BCUT2D eigenvalue weighted by atomic mass is 9.76. The molecule has 0 aliphatic carbocycles. The summed E-state index contributed by atoms with van der Waals surface area (Å²) < 4.78 is 0. The molecule has 8 aromatic rings. The third-order valence-electron chi connectivity index (χ3n) is 12.7. The van der Waals surface area contributed by atoms with E-state index in [2.05, 4.69) is 109 Å². The summed E-state index contributed by atoms with van der Waals surface area (Å²) in [5.74, 6) is 0.653. The van der Waals surface area contributed by atoms with Gasteiger partial charge in [-0.05, 0) is 147 Å². The van der Waals surface area contributed by atoms with Crippen molar-refractivity contribution in [3.63, 3.8) is 0 Å². The molecule has 1 aliphatic rings.